The predicted octanol–water partition coefficient (Wildman–Crippen LogP) is 0.649. The van der Waals surface area contributed by atoms with Crippen LogP contribution in [0.2, 0.25) is 0 Å². The molecule has 3 aliphatic heterocycles. The lowest BCUT2D eigenvalue weighted by atomic mass is 10.0. The number of hydrogen-bond acceptors (Lipinski definition) is 7. The zero-order valence-corrected chi connectivity index (χ0v) is 17.2. The minimum Gasteiger partial charge on any atom is -0.475 e. The van der Waals surface area contributed by atoms with Gasteiger partial charge in [0, 0.05) is 25.6 Å². The summed E-state index contributed by atoms with van der Waals surface area (Å²) in [7, 11) is 0. The van der Waals surface area contributed by atoms with Crippen LogP contribution in [-0.4, -0.2) is 71.0 Å². The Balaban J connectivity index is 0.000000383. The van der Waals surface area contributed by atoms with Gasteiger partial charge in [-0.2, -0.15) is 13.2 Å². The van der Waals surface area contributed by atoms with Gasteiger partial charge in [-0.3, -0.25) is 29.4 Å². The molecule has 2 saturated heterocycles. The lowest BCUT2D eigenvalue weighted by Crippen LogP contribution is -2.54. The summed E-state index contributed by atoms with van der Waals surface area (Å²) in [5, 5.41) is 9.33. The maximum Gasteiger partial charge on any atom is 0.490 e. The Labute approximate surface area is 185 Å². The number of carboxylic acids is 1. The number of nitrogens with two attached hydrogens (primary N) is 1. The van der Waals surface area contributed by atoms with E-state index in [0.29, 0.717) is 16.8 Å². The molecule has 1 unspecified atom stereocenters. The molecule has 0 aromatic heterocycles. The number of nitrogens with one attached hydrogen (secondary N) is 1. The Morgan fingerprint density at radius 1 is 1.06 bits per heavy atom. The molecule has 4 rings (SSSR count). The Morgan fingerprint density at radius 2 is 1.67 bits per heavy atom. The van der Waals surface area contributed by atoms with Crippen molar-refractivity contribution in [2.75, 3.05) is 18.0 Å². The number of carbonyl (C=O) groups is 5. The van der Waals surface area contributed by atoms with Gasteiger partial charge < -0.3 is 15.7 Å². The highest BCUT2D eigenvalue weighted by molar-refractivity contribution is 6.25. The van der Waals surface area contributed by atoms with Crippen LogP contribution in [0.3, 0.4) is 0 Å². The third-order valence-corrected chi connectivity index (χ3v) is 5.57. The Bertz CT molecular complexity index is 1000. The fourth-order valence-corrected chi connectivity index (χ4v) is 3.90. The first kappa shape index (κ1) is 24.2. The highest BCUT2D eigenvalue weighted by Gasteiger charge is 2.46. The molecule has 1 aromatic rings. The summed E-state index contributed by atoms with van der Waals surface area (Å²) in [5.74, 6) is -4.68. The fourth-order valence-electron chi connectivity index (χ4n) is 3.90. The van der Waals surface area contributed by atoms with Crippen LogP contribution in [0.15, 0.2) is 18.2 Å². The van der Waals surface area contributed by atoms with E-state index in [0.717, 1.165) is 30.8 Å². The second kappa shape index (κ2) is 9.17. The highest BCUT2D eigenvalue weighted by atomic mass is 19.4. The van der Waals surface area contributed by atoms with E-state index in [9.17, 15) is 32.3 Å². The molecular formula is C20H21F3N4O6. The maximum absolute atomic E-state index is 13.1. The van der Waals surface area contributed by atoms with Gasteiger partial charge in [0.05, 0.1) is 16.8 Å². The largest absolute Gasteiger partial charge is 0.490 e. The topological polar surface area (TPSA) is 150 Å². The number of anilines is 1. The highest BCUT2D eigenvalue weighted by Crippen LogP contribution is 2.35. The van der Waals surface area contributed by atoms with Gasteiger partial charge in [-0.25, -0.2) is 4.79 Å². The van der Waals surface area contributed by atoms with Gasteiger partial charge in [-0.05, 0) is 31.4 Å². The normalized spacial score (nSPS) is 21.4. The molecule has 4 amide bonds. The standard InChI is InChI=1S/C18H20N4O4.C2HF3O2/c19-10-6-8-21(9-7-10)12-3-1-2-11-15(12)18(26)22(17(11)25)13-4-5-14(23)20-16(13)24;3-2(4,5)1(6)7/h1-3,10,13H,4-9,19H2,(H,20,23,24);(H,6,7). The van der Waals surface area contributed by atoms with Gasteiger partial charge in [0.1, 0.15) is 6.04 Å². The molecule has 4 N–H and O–H groups in total. The minimum absolute atomic E-state index is 0.112. The van der Waals surface area contributed by atoms with E-state index in [2.05, 4.69) is 10.2 Å². The molecule has 10 nitrogen and oxygen atoms in total. The number of carbonyl (C=O) groups excluding carboxylic acids is 4. The lowest BCUT2D eigenvalue weighted by Gasteiger charge is -2.33. The predicted molar refractivity (Wildman–Crippen MR) is 106 cm³/mol. The molecule has 0 saturated carbocycles. The molecular weight excluding hydrogens is 449 g/mol. The first-order chi connectivity index (χ1) is 15.4. The van der Waals surface area contributed by atoms with Crippen LogP contribution in [-0.2, 0) is 14.4 Å². The SMILES string of the molecule is NC1CCN(c2cccc3c2C(=O)N(C2CCC(=O)NC2=O)C3=O)CC1.O=C(O)C(F)(F)F. The number of alkyl halides is 3. The zero-order valence-electron chi connectivity index (χ0n) is 17.2. The van der Waals surface area contributed by atoms with Crippen LogP contribution in [0, 0.1) is 0 Å². The van der Waals surface area contributed by atoms with Crippen LogP contribution in [0.4, 0.5) is 18.9 Å². The number of rotatable bonds is 2. The van der Waals surface area contributed by atoms with Crippen molar-refractivity contribution in [1.82, 2.24) is 10.2 Å². The van der Waals surface area contributed by atoms with Crippen molar-refractivity contribution in [3.8, 4) is 0 Å². The summed E-state index contributed by atoms with van der Waals surface area (Å²) in [6.07, 6.45) is -3.17. The van der Waals surface area contributed by atoms with E-state index in [1.807, 2.05) is 6.07 Å². The summed E-state index contributed by atoms with van der Waals surface area (Å²) in [6.45, 7) is 1.44. The number of amides is 4. The zero-order chi connectivity index (χ0) is 24.5. The van der Waals surface area contributed by atoms with Gasteiger partial charge in [0.15, 0.2) is 0 Å². The summed E-state index contributed by atoms with van der Waals surface area (Å²) < 4.78 is 31.7. The number of nitrogens with zero attached hydrogens (tertiary/aromatic N) is 2. The van der Waals surface area contributed by atoms with Gasteiger partial charge in [-0.15, -0.1) is 0 Å². The van der Waals surface area contributed by atoms with E-state index in [1.54, 1.807) is 12.1 Å². The quantitative estimate of drug-likeness (QED) is 0.533. The Kier molecular flexibility index (Phi) is 6.72. The number of aliphatic carboxylic acids is 1. The van der Waals surface area contributed by atoms with Crippen molar-refractivity contribution in [2.45, 2.75) is 43.9 Å². The molecule has 3 aliphatic rings. The van der Waals surface area contributed by atoms with Gasteiger partial charge in [0.2, 0.25) is 11.8 Å². The summed E-state index contributed by atoms with van der Waals surface area (Å²) in [5.41, 5.74) is 7.32. The van der Waals surface area contributed by atoms with Crippen LogP contribution in [0.1, 0.15) is 46.4 Å². The van der Waals surface area contributed by atoms with Crippen molar-refractivity contribution in [3.63, 3.8) is 0 Å². The lowest BCUT2D eigenvalue weighted by molar-refractivity contribution is -0.192. The van der Waals surface area contributed by atoms with Crippen LogP contribution < -0.4 is 16.0 Å². The average Bonchev–Trinajstić information content (AvgIpc) is 2.99. The van der Waals surface area contributed by atoms with Gasteiger partial charge >= 0.3 is 12.1 Å². The third kappa shape index (κ3) is 4.97. The average molecular weight is 470 g/mol. The Hall–Kier alpha value is -3.48. The fraction of sp³-hybridized carbons (Fsp3) is 0.450. The van der Waals surface area contributed by atoms with Crippen molar-refractivity contribution < 1.29 is 42.3 Å². The van der Waals surface area contributed by atoms with Crippen molar-refractivity contribution >= 4 is 35.3 Å². The second-order valence-electron chi connectivity index (χ2n) is 7.77. The first-order valence-corrected chi connectivity index (χ1v) is 10.1. The molecule has 3 heterocycles. The number of piperidine rings is 2. The minimum atomic E-state index is -5.08. The van der Waals surface area contributed by atoms with Crippen LogP contribution in [0.5, 0.6) is 0 Å². The van der Waals surface area contributed by atoms with E-state index in [-0.39, 0.29) is 24.8 Å². The van der Waals surface area contributed by atoms with E-state index in [4.69, 9.17) is 15.6 Å². The van der Waals surface area contributed by atoms with E-state index in [1.165, 1.54) is 0 Å². The smallest absolute Gasteiger partial charge is 0.475 e. The first-order valence-electron chi connectivity index (χ1n) is 10.1. The number of fused-ring (bicyclic) bond motifs is 1. The van der Waals surface area contributed by atoms with Crippen molar-refractivity contribution in [3.05, 3.63) is 29.3 Å². The number of imide groups is 2. The number of hydrogen-bond donors (Lipinski definition) is 3. The number of benzene rings is 1. The molecule has 0 aliphatic carbocycles. The summed E-state index contributed by atoms with van der Waals surface area (Å²) in [4.78, 5) is 61.4. The van der Waals surface area contributed by atoms with Gasteiger partial charge in [-0.1, -0.05) is 6.07 Å². The third-order valence-electron chi connectivity index (χ3n) is 5.57. The molecule has 0 bridgehead atoms. The molecule has 2 fully saturated rings. The molecule has 0 spiro atoms. The van der Waals surface area contributed by atoms with Crippen molar-refractivity contribution in [1.29, 1.82) is 0 Å². The monoisotopic (exact) mass is 470 g/mol. The maximum atomic E-state index is 13.1. The molecule has 33 heavy (non-hydrogen) atoms. The second-order valence-corrected chi connectivity index (χ2v) is 7.77. The molecule has 13 heteroatoms. The Morgan fingerprint density at radius 3 is 2.21 bits per heavy atom. The number of carboxylic acid groups (broad SMARTS) is 1. The summed E-state index contributed by atoms with van der Waals surface area (Å²) in [6, 6.07) is 4.40. The molecule has 1 aromatic carbocycles. The van der Waals surface area contributed by atoms with Crippen LogP contribution in [0.25, 0.3) is 0 Å². The summed E-state index contributed by atoms with van der Waals surface area (Å²) >= 11 is 0. The molecule has 178 valence electrons. The van der Waals surface area contributed by atoms with Crippen LogP contribution >= 0.6 is 0 Å². The molecule has 0 radical (unpaired) electrons. The number of halogens is 3. The van der Waals surface area contributed by atoms with E-state index >= 15 is 0 Å². The molecule has 1 atom stereocenters. The van der Waals surface area contributed by atoms with Gasteiger partial charge in [0.25, 0.3) is 11.8 Å². The van der Waals surface area contributed by atoms with E-state index < -0.39 is 35.9 Å². The van der Waals surface area contributed by atoms with Crippen molar-refractivity contribution in [2.24, 2.45) is 5.73 Å².